The van der Waals surface area contributed by atoms with Gasteiger partial charge in [0.1, 0.15) is 0 Å². The molecule has 1 aliphatic rings. The van der Waals surface area contributed by atoms with E-state index in [4.69, 9.17) is 11.0 Å². The smallest absolute Gasteiger partial charge is 0.326 e. The zero-order chi connectivity index (χ0) is 19.3. The van der Waals surface area contributed by atoms with E-state index in [0.29, 0.717) is 4.79 Å². The Morgan fingerprint density at radius 3 is 3.24 bits per heavy atom. The number of aliphatic imine (C=N–C) groups is 1. The predicted octanol–water partition coefficient (Wildman–Crippen LogP) is -1.69. The van der Waals surface area contributed by atoms with Crippen LogP contribution in [0.4, 0.5) is 5.88 Å². The minimum absolute atomic E-state index is 0.0250. The van der Waals surface area contributed by atoms with Gasteiger partial charge in [-0.05, 0) is 6.61 Å². The summed E-state index contributed by atoms with van der Waals surface area (Å²) in [5, 5.41) is 14.6. The molecular formula is C9H14N4O4. The van der Waals surface area contributed by atoms with Gasteiger partial charge in [-0.2, -0.15) is 4.99 Å². The molecule has 2 heterocycles. The zero-order valence-electron chi connectivity index (χ0n) is 16.7. The first-order valence-corrected chi connectivity index (χ1v) is 4.54. The van der Waals surface area contributed by atoms with Gasteiger partial charge in [0.2, 0.25) is 5.27 Å². The molecule has 1 fully saturated rings. The Morgan fingerprint density at radius 2 is 2.53 bits per heavy atom. The Kier molecular flexibility index (Phi) is 1.68. The minimum Gasteiger partial charge on any atom is -0.600 e. The summed E-state index contributed by atoms with van der Waals surface area (Å²) in [4.78, 5) is 3.70. The maximum Gasteiger partial charge on any atom is 0.326 e. The first-order chi connectivity index (χ1) is 11.3. The molecule has 0 saturated carbocycles. The second kappa shape index (κ2) is 5.48. The van der Waals surface area contributed by atoms with Gasteiger partial charge in [-0.3, -0.25) is 4.52 Å². The Hall–Kier alpha value is -1.83. The molecule has 0 unspecified atom stereocenters. The van der Waals surface area contributed by atoms with E-state index in [0.717, 1.165) is 6.20 Å². The fraction of sp³-hybridized carbons (Fsp3) is 0.667. The van der Waals surface area contributed by atoms with Crippen LogP contribution in [0.15, 0.2) is 15.7 Å². The van der Waals surface area contributed by atoms with Crippen molar-refractivity contribution in [2.75, 3.05) is 37.7 Å². The van der Waals surface area contributed by atoms with Gasteiger partial charge in [0.15, 0.2) is 6.08 Å². The summed E-state index contributed by atoms with van der Waals surface area (Å²) in [6.07, 6.45) is -0.270. The largest absolute Gasteiger partial charge is 0.600 e. The number of ether oxygens (including phenoxy) is 2. The van der Waals surface area contributed by atoms with Crippen molar-refractivity contribution in [2.24, 2.45) is 4.99 Å². The molecule has 1 aliphatic heterocycles. The molecule has 0 N–H and O–H groups in total. The van der Waals surface area contributed by atoms with E-state index in [1.165, 1.54) is 6.92 Å². The van der Waals surface area contributed by atoms with E-state index < -0.39 is 38.1 Å². The first-order valence-electron chi connectivity index (χ1n) is 8.54. The van der Waals surface area contributed by atoms with Gasteiger partial charge < -0.3 is 14.6 Å². The van der Waals surface area contributed by atoms with E-state index in [9.17, 15) is 5.11 Å². The summed E-state index contributed by atoms with van der Waals surface area (Å²) in [5.41, 5.74) is 0. The second-order valence-electron chi connectivity index (χ2n) is 2.61. The molecule has 0 atom stereocenters. The third-order valence-electron chi connectivity index (χ3n) is 1.52. The van der Waals surface area contributed by atoms with Crippen LogP contribution in [-0.2, 0) is 9.47 Å². The van der Waals surface area contributed by atoms with Gasteiger partial charge in [-0.1, -0.05) is 6.92 Å². The highest BCUT2D eigenvalue weighted by Gasteiger charge is 2.22. The lowest BCUT2D eigenvalue weighted by molar-refractivity contribution is -0.759. The van der Waals surface area contributed by atoms with Crippen molar-refractivity contribution in [3.63, 3.8) is 0 Å². The van der Waals surface area contributed by atoms with E-state index in [1.54, 1.807) is 0 Å². The number of hydrogen-bond acceptors (Lipinski definition) is 7. The van der Waals surface area contributed by atoms with Crippen molar-refractivity contribution in [3.8, 4) is 0 Å². The average Bonchev–Trinajstić information content (AvgIpc) is 2.83. The van der Waals surface area contributed by atoms with Gasteiger partial charge in [0, 0.05) is 0 Å². The Labute approximate surface area is 109 Å². The van der Waals surface area contributed by atoms with E-state index in [-0.39, 0.29) is 11.6 Å². The van der Waals surface area contributed by atoms with Crippen LogP contribution >= 0.6 is 0 Å². The number of hydrogen-bond donors (Lipinski definition) is 0. The van der Waals surface area contributed by atoms with Crippen LogP contribution in [0.2, 0.25) is 0 Å². The summed E-state index contributed by atoms with van der Waals surface area (Å²) in [6, 6.07) is 0. The lowest BCUT2D eigenvalue weighted by Gasteiger charge is -2.18. The fourth-order valence-corrected chi connectivity index (χ4v) is 0.907. The van der Waals surface area contributed by atoms with Gasteiger partial charge in [0.25, 0.3) is 6.20 Å². The highest BCUT2D eigenvalue weighted by molar-refractivity contribution is 5.64. The first kappa shape index (κ1) is 5.21. The standard InChI is InChI=1S/C9H14N4O4/c1-2-16-9(14)10-8-7-13(11-17-8)12-3-5-15-6-4-12/h7H,2-6H2,1H3/i3D2,4D2,5D2,6D2. The topological polar surface area (TPSA) is 87.0 Å². The zero-order valence-corrected chi connectivity index (χ0v) is 8.71. The number of rotatable bonds is 3. The molecule has 17 heavy (non-hydrogen) atoms. The van der Waals surface area contributed by atoms with Gasteiger partial charge in [-0.15, -0.1) is 5.01 Å². The molecule has 1 aromatic rings. The van der Waals surface area contributed by atoms with Crippen LogP contribution in [0, 0.1) is 0 Å². The minimum atomic E-state index is -3.24. The van der Waals surface area contributed by atoms with Gasteiger partial charge in [-0.25, -0.2) is 0 Å². The predicted molar refractivity (Wildman–Crippen MR) is 54.2 cm³/mol. The lowest BCUT2D eigenvalue weighted by Crippen LogP contribution is -2.62. The number of morpholine rings is 1. The van der Waals surface area contributed by atoms with E-state index in [1.807, 2.05) is 0 Å². The second-order valence-corrected chi connectivity index (χ2v) is 2.61. The van der Waals surface area contributed by atoms with Crippen molar-refractivity contribution < 1.29 is 34.9 Å². The lowest BCUT2D eigenvalue weighted by atomic mass is 10.5. The van der Waals surface area contributed by atoms with Crippen LogP contribution < -0.4 is 14.9 Å². The Morgan fingerprint density at radius 1 is 1.76 bits per heavy atom. The van der Waals surface area contributed by atoms with E-state index in [2.05, 4.69) is 24.3 Å². The van der Waals surface area contributed by atoms with Crippen LogP contribution in [0.3, 0.4) is 0 Å². The molecule has 8 nitrogen and oxygen atoms in total. The van der Waals surface area contributed by atoms with Crippen molar-refractivity contribution in [1.29, 1.82) is 0 Å². The summed E-state index contributed by atoms with van der Waals surface area (Å²) >= 11 is 0. The molecule has 1 aromatic heterocycles. The fourth-order valence-electron chi connectivity index (χ4n) is 0.907. The number of aromatic nitrogens is 2. The van der Waals surface area contributed by atoms with Crippen LogP contribution in [0.25, 0.3) is 0 Å². The highest BCUT2D eigenvalue weighted by atomic mass is 16.6. The van der Waals surface area contributed by atoms with Gasteiger partial charge in [0.05, 0.1) is 41.9 Å². The maximum atomic E-state index is 11.3. The monoisotopic (exact) mass is 250 g/mol. The van der Waals surface area contributed by atoms with Crippen LogP contribution in [-0.4, -0.2) is 44.1 Å². The maximum absolute atomic E-state index is 11.3. The summed E-state index contributed by atoms with van der Waals surface area (Å²) in [5.74, 6) is -0.488. The Balaban J connectivity index is 2.51. The molecule has 94 valence electrons. The molecule has 8 heteroatoms. The van der Waals surface area contributed by atoms with E-state index >= 15 is 0 Å². The SMILES string of the molecule is [2H]C1([2H])OC([2H])([2H])C([2H])([2H])N([n+]2cc(/N=C(\[O-])OCC)on2)C1([2H])[2H]. The highest BCUT2D eigenvalue weighted by Crippen LogP contribution is 2.06. The molecule has 0 radical (unpaired) electrons. The molecule has 1 saturated heterocycles. The van der Waals surface area contributed by atoms with Gasteiger partial charge >= 0.3 is 5.88 Å². The third-order valence-corrected chi connectivity index (χ3v) is 1.52. The molecule has 0 spiro atoms. The third kappa shape index (κ3) is 3.06. The molecular weight excluding hydrogens is 228 g/mol. The summed E-state index contributed by atoms with van der Waals surface area (Å²) in [7, 11) is 0. The van der Waals surface area contributed by atoms with Crippen molar-refractivity contribution >= 4 is 12.0 Å². The molecule has 0 amide bonds. The summed E-state index contributed by atoms with van der Waals surface area (Å²) < 4.78 is 75.1. The molecule has 0 bridgehead atoms. The molecule has 0 aliphatic carbocycles. The average molecular weight is 250 g/mol. The Bertz CT molecular complexity index is 652. The van der Waals surface area contributed by atoms with Crippen LogP contribution in [0.1, 0.15) is 17.9 Å². The molecule has 2 rings (SSSR count). The quantitative estimate of drug-likeness (QED) is 0.361. The van der Waals surface area contributed by atoms with Crippen LogP contribution in [0.5, 0.6) is 0 Å². The molecule has 0 aromatic carbocycles. The normalized spacial score (nSPS) is 36.1. The van der Waals surface area contributed by atoms with Crippen molar-refractivity contribution in [1.82, 2.24) is 5.27 Å². The van der Waals surface area contributed by atoms with Crippen molar-refractivity contribution in [3.05, 3.63) is 6.20 Å². The summed E-state index contributed by atoms with van der Waals surface area (Å²) in [6.45, 7) is -11.3. The van der Waals surface area contributed by atoms with Crippen molar-refractivity contribution in [2.45, 2.75) is 6.92 Å². The number of nitrogens with zero attached hydrogens (tertiary/aromatic N) is 4.